The first-order valence-electron chi connectivity index (χ1n) is 9.44. The molecular formula is C22H16FN5O3. The predicted octanol–water partition coefficient (Wildman–Crippen LogP) is 2.68. The summed E-state index contributed by atoms with van der Waals surface area (Å²) in [6.07, 6.45) is 6.39. The van der Waals surface area contributed by atoms with E-state index < -0.39 is 23.3 Å². The van der Waals surface area contributed by atoms with Crippen molar-refractivity contribution in [2.75, 3.05) is 0 Å². The second-order valence-corrected chi connectivity index (χ2v) is 7.29. The molecule has 9 heteroatoms. The number of halogens is 1. The molecule has 2 aromatic heterocycles. The number of carbonyl (C=O) groups is 2. The number of fused-ring (bicyclic) bond motifs is 1. The Morgan fingerprint density at radius 2 is 1.90 bits per heavy atom. The van der Waals surface area contributed by atoms with Crippen LogP contribution in [0.2, 0.25) is 0 Å². The van der Waals surface area contributed by atoms with Crippen LogP contribution in [0.15, 0.2) is 67.3 Å². The van der Waals surface area contributed by atoms with E-state index in [4.69, 9.17) is 0 Å². The van der Waals surface area contributed by atoms with E-state index in [0.717, 1.165) is 5.56 Å². The lowest BCUT2D eigenvalue weighted by molar-refractivity contribution is -0.124. The summed E-state index contributed by atoms with van der Waals surface area (Å²) in [5.41, 5.74) is 0.524. The number of hydrogen-bond acceptors (Lipinski definition) is 5. The van der Waals surface area contributed by atoms with E-state index in [2.05, 4.69) is 20.6 Å². The first-order chi connectivity index (χ1) is 15.0. The summed E-state index contributed by atoms with van der Waals surface area (Å²) in [5, 5.41) is 16.5. The molecule has 0 bridgehead atoms. The number of amides is 3. The minimum absolute atomic E-state index is 0.0861. The molecule has 2 aromatic carbocycles. The molecule has 0 radical (unpaired) electrons. The maximum absolute atomic E-state index is 13.6. The molecule has 8 nitrogen and oxygen atoms in total. The third-order valence-corrected chi connectivity index (χ3v) is 5.41. The highest BCUT2D eigenvalue weighted by Crippen LogP contribution is 2.34. The Morgan fingerprint density at radius 1 is 1.10 bits per heavy atom. The van der Waals surface area contributed by atoms with Gasteiger partial charge in [0.15, 0.2) is 11.4 Å². The van der Waals surface area contributed by atoms with Crippen LogP contribution in [0, 0.1) is 5.82 Å². The Labute approximate surface area is 175 Å². The van der Waals surface area contributed by atoms with Crippen molar-refractivity contribution in [2.45, 2.75) is 12.1 Å². The maximum Gasteiger partial charge on any atom is 0.322 e. The molecule has 1 aliphatic rings. The van der Waals surface area contributed by atoms with E-state index in [1.165, 1.54) is 22.8 Å². The normalized spacial score (nSPS) is 18.2. The molecule has 0 unspecified atom stereocenters. The predicted molar refractivity (Wildman–Crippen MR) is 109 cm³/mol. The van der Waals surface area contributed by atoms with Crippen LogP contribution in [0.3, 0.4) is 0 Å². The fraction of sp³-hybridized carbons (Fsp3) is 0.0909. The second kappa shape index (κ2) is 6.91. The number of nitrogens with zero attached hydrogens (tertiary/aromatic N) is 3. The van der Waals surface area contributed by atoms with E-state index in [9.17, 15) is 19.1 Å². The highest BCUT2D eigenvalue weighted by molar-refractivity contribution is 6.07. The molecule has 0 spiro atoms. The SMILES string of the molecule is O=C1NC(=O)[C@](Cn2cc3ccc(F)cc3c2O)(c2ccc(-c3cnccn3)cc2)N1. The van der Waals surface area contributed by atoms with Crippen molar-refractivity contribution < 1.29 is 19.1 Å². The highest BCUT2D eigenvalue weighted by atomic mass is 19.1. The molecule has 31 heavy (non-hydrogen) atoms. The van der Waals surface area contributed by atoms with Crippen molar-refractivity contribution >= 4 is 22.7 Å². The van der Waals surface area contributed by atoms with E-state index in [0.29, 0.717) is 22.0 Å². The van der Waals surface area contributed by atoms with Gasteiger partial charge < -0.3 is 15.0 Å². The van der Waals surface area contributed by atoms with E-state index >= 15 is 0 Å². The quantitative estimate of drug-likeness (QED) is 0.443. The Morgan fingerprint density at radius 3 is 2.58 bits per heavy atom. The van der Waals surface area contributed by atoms with Crippen LogP contribution in [-0.2, 0) is 16.9 Å². The summed E-state index contributed by atoms with van der Waals surface area (Å²) in [6.45, 7) is -0.0861. The Balaban J connectivity index is 1.57. The number of nitrogens with one attached hydrogen (secondary N) is 2. The summed E-state index contributed by atoms with van der Waals surface area (Å²) in [7, 11) is 0. The van der Waals surface area contributed by atoms with Crippen molar-refractivity contribution in [3.63, 3.8) is 0 Å². The van der Waals surface area contributed by atoms with Gasteiger partial charge in [0.05, 0.1) is 18.4 Å². The molecule has 1 aliphatic heterocycles. The van der Waals surface area contributed by atoms with Gasteiger partial charge in [-0.2, -0.15) is 0 Å². The minimum Gasteiger partial charge on any atom is -0.494 e. The zero-order valence-corrected chi connectivity index (χ0v) is 16.0. The second-order valence-electron chi connectivity index (χ2n) is 7.29. The number of carbonyl (C=O) groups excluding carboxylic acids is 2. The molecule has 1 atom stereocenters. The van der Waals surface area contributed by atoms with Gasteiger partial charge in [0, 0.05) is 34.9 Å². The van der Waals surface area contributed by atoms with Crippen molar-refractivity contribution in [3.8, 4) is 17.1 Å². The average Bonchev–Trinajstić information content (AvgIpc) is 3.24. The monoisotopic (exact) mass is 417 g/mol. The summed E-state index contributed by atoms with van der Waals surface area (Å²) < 4.78 is 15.0. The lowest BCUT2D eigenvalue weighted by atomic mass is 9.89. The number of urea groups is 1. The molecule has 4 aromatic rings. The van der Waals surface area contributed by atoms with Gasteiger partial charge in [-0.3, -0.25) is 20.1 Å². The van der Waals surface area contributed by atoms with Crippen LogP contribution in [0.5, 0.6) is 5.88 Å². The van der Waals surface area contributed by atoms with Crippen molar-refractivity contribution in [1.82, 2.24) is 25.2 Å². The van der Waals surface area contributed by atoms with E-state index in [1.807, 2.05) is 0 Å². The fourth-order valence-corrected chi connectivity index (χ4v) is 3.87. The molecule has 0 aliphatic carbocycles. The summed E-state index contributed by atoms with van der Waals surface area (Å²) in [4.78, 5) is 33.2. The number of rotatable bonds is 4. The van der Waals surface area contributed by atoms with E-state index in [-0.39, 0.29) is 12.4 Å². The fourth-order valence-electron chi connectivity index (χ4n) is 3.87. The number of hydrogen-bond donors (Lipinski definition) is 3. The van der Waals surface area contributed by atoms with Crippen LogP contribution in [0.25, 0.3) is 22.0 Å². The summed E-state index contributed by atoms with van der Waals surface area (Å²) >= 11 is 0. The lowest BCUT2D eigenvalue weighted by Crippen LogP contribution is -2.47. The largest absolute Gasteiger partial charge is 0.494 e. The number of imide groups is 1. The third kappa shape index (κ3) is 3.07. The third-order valence-electron chi connectivity index (χ3n) is 5.41. The molecule has 3 amide bonds. The Hall–Kier alpha value is -4.27. The maximum atomic E-state index is 13.6. The van der Waals surface area contributed by atoms with Gasteiger partial charge in [0.1, 0.15) is 5.82 Å². The first kappa shape index (κ1) is 18.7. The van der Waals surface area contributed by atoms with Crippen molar-refractivity contribution in [1.29, 1.82) is 0 Å². The molecule has 1 saturated heterocycles. The molecule has 5 rings (SSSR count). The molecule has 1 fully saturated rings. The van der Waals surface area contributed by atoms with Gasteiger partial charge in [-0.25, -0.2) is 9.18 Å². The van der Waals surface area contributed by atoms with Crippen molar-refractivity contribution in [2.24, 2.45) is 0 Å². The smallest absolute Gasteiger partial charge is 0.322 e. The van der Waals surface area contributed by atoms with Gasteiger partial charge in [-0.05, 0) is 23.8 Å². The summed E-state index contributed by atoms with van der Waals surface area (Å²) in [6, 6.07) is 10.4. The van der Waals surface area contributed by atoms with Crippen LogP contribution in [-0.4, -0.2) is 31.6 Å². The zero-order valence-electron chi connectivity index (χ0n) is 16.0. The van der Waals surface area contributed by atoms with Gasteiger partial charge in [-0.15, -0.1) is 0 Å². The van der Waals surface area contributed by atoms with Gasteiger partial charge in [0.2, 0.25) is 0 Å². The molecule has 0 saturated carbocycles. The standard InChI is InChI=1S/C22H16FN5O3/c23-16-6-3-14-11-28(19(29)17(14)9-16)12-22(20(30)26-21(31)27-22)15-4-1-13(2-5-15)18-10-24-7-8-25-18/h1-11,29H,12H2,(H2,26,27,30,31)/t22-/m0/s1. The molecule has 3 N–H and O–H groups in total. The molecular weight excluding hydrogens is 401 g/mol. The van der Waals surface area contributed by atoms with Gasteiger partial charge >= 0.3 is 6.03 Å². The lowest BCUT2D eigenvalue weighted by Gasteiger charge is -2.27. The topological polar surface area (TPSA) is 109 Å². The van der Waals surface area contributed by atoms with E-state index in [1.54, 1.807) is 49.1 Å². The number of aromatic nitrogens is 3. The number of benzene rings is 2. The average molecular weight is 417 g/mol. The van der Waals surface area contributed by atoms with Crippen LogP contribution in [0.4, 0.5) is 9.18 Å². The van der Waals surface area contributed by atoms with Gasteiger partial charge in [0.25, 0.3) is 5.91 Å². The van der Waals surface area contributed by atoms with Gasteiger partial charge in [-0.1, -0.05) is 24.3 Å². The first-order valence-corrected chi connectivity index (χ1v) is 9.44. The van der Waals surface area contributed by atoms with Crippen LogP contribution >= 0.6 is 0 Å². The van der Waals surface area contributed by atoms with Crippen molar-refractivity contribution in [3.05, 3.63) is 78.6 Å². The Bertz CT molecular complexity index is 1320. The Kier molecular flexibility index (Phi) is 4.18. The molecule has 154 valence electrons. The molecule has 3 heterocycles. The summed E-state index contributed by atoms with van der Waals surface area (Å²) in [5.74, 6) is -1.23. The van der Waals surface area contributed by atoms with Crippen LogP contribution in [0.1, 0.15) is 5.56 Å². The highest BCUT2D eigenvalue weighted by Gasteiger charge is 2.48. The van der Waals surface area contributed by atoms with Crippen LogP contribution < -0.4 is 10.6 Å². The minimum atomic E-state index is -1.46. The zero-order chi connectivity index (χ0) is 21.6. The number of aromatic hydroxyl groups is 1.